The molecule has 0 heteroatoms. The topological polar surface area (TPSA) is 0 Å². The van der Waals surface area contributed by atoms with Crippen molar-refractivity contribution in [2.45, 2.75) is 47.5 Å². The summed E-state index contributed by atoms with van der Waals surface area (Å²) in [5.74, 6) is 2.87. The van der Waals surface area contributed by atoms with Crippen LogP contribution in [0.15, 0.2) is 0 Å². The number of hydrogen-bond donors (Lipinski definition) is 0. The fourth-order valence-corrected chi connectivity index (χ4v) is 1.82. The summed E-state index contributed by atoms with van der Waals surface area (Å²) < 4.78 is 0. The van der Waals surface area contributed by atoms with Gasteiger partial charge in [0, 0.05) is 0 Å². The van der Waals surface area contributed by atoms with Crippen LogP contribution in [-0.4, -0.2) is 0 Å². The van der Waals surface area contributed by atoms with Crippen molar-refractivity contribution < 1.29 is 0 Å². The van der Waals surface area contributed by atoms with E-state index in [0.29, 0.717) is 5.41 Å². The van der Waals surface area contributed by atoms with Gasteiger partial charge in [0.15, 0.2) is 0 Å². The van der Waals surface area contributed by atoms with Gasteiger partial charge in [-0.05, 0) is 36.0 Å². The van der Waals surface area contributed by atoms with Gasteiger partial charge in [-0.25, -0.2) is 0 Å². The summed E-state index contributed by atoms with van der Waals surface area (Å²) >= 11 is 0. The highest BCUT2D eigenvalue weighted by Gasteiger charge is 2.35. The Morgan fingerprint density at radius 3 is 1.82 bits per heavy atom. The molecule has 66 valence electrons. The van der Waals surface area contributed by atoms with Gasteiger partial charge in [-0.2, -0.15) is 0 Å². The molecule has 1 fully saturated rings. The first kappa shape index (κ1) is 9.09. The first-order valence-electron chi connectivity index (χ1n) is 4.93. The second kappa shape index (κ2) is 2.80. The zero-order valence-corrected chi connectivity index (χ0v) is 8.65. The minimum Gasteiger partial charge on any atom is -0.0620 e. The van der Waals surface area contributed by atoms with Crippen LogP contribution in [0.3, 0.4) is 0 Å². The van der Waals surface area contributed by atoms with Gasteiger partial charge in [0.05, 0.1) is 0 Å². The van der Waals surface area contributed by atoms with Crippen LogP contribution in [0, 0.1) is 23.2 Å². The van der Waals surface area contributed by atoms with Gasteiger partial charge in [-0.3, -0.25) is 0 Å². The van der Waals surface area contributed by atoms with Gasteiger partial charge >= 0.3 is 0 Å². The van der Waals surface area contributed by atoms with E-state index < -0.39 is 0 Å². The molecule has 1 aliphatic rings. The summed E-state index contributed by atoms with van der Waals surface area (Å²) in [6.07, 6.45) is 2.98. The van der Waals surface area contributed by atoms with E-state index in [-0.39, 0.29) is 0 Å². The van der Waals surface area contributed by atoms with E-state index in [1.807, 2.05) is 0 Å². The normalized spacial score (nSPS) is 24.8. The second-order valence-corrected chi connectivity index (χ2v) is 5.35. The monoisotopic (exact) mass is 154 g/mol. The van der Waals surface area contributed by atoms with Gasteiger partial charge in [-0.15, -0.1) is 0 Å². The largest absolute Gasteiger partial charge is 0.0620 e. The van der Waals surface area contributed by atoms with Crippen LogP contribution >= 0.6 is 0 Å². The minimum absolute atomic E-state index is 0.502. The molecule has 0 radical (unpaired) electrons. The third-order valence-corrected chi connectivity index (χ3v) is 3.52. The highest BCUT2D eigenvalue weighted by Crippen LogP contribution is 2.45. The van der Waals surface area contributed by atoms with E-state index in [2.05, 4.69) is 34.6 Å². The highest BCUT2D eigenvalue weighted by molar-refractivity contribution is 4.85. The molecule has 0 spiro atoms. The smallest absolute Gasteiger partial charge is 0.0354 e. The summed E-state index contributed by atoms with van der Waals surface area (Å²) in [6, 6.07) is 0. The second-order valence-electron chi connectivity index (χ2n) is 5.35. The summed E-state index contributed by atoms with van der Waals surface area (Å²) in [5, 5.41) is 0. The van der Waals surface area contributed by atoms with Crippen molar-refractivity contribution in [2.24, 2.45) is 23.2 Å². The molecule has 0 aromatic rings. The quantitative estimate of drug-likeness (QED) is 0.568. The molecule has 0 aromatic carbocycles. The Kier molecular flexibility index (Phi) is 2.32. The maximum atomic E-state index is 2.42. The fraction of sp³-hybridized carbons (Fsp3) is 1.00. The van der Waals surface area contributed by atoms with Crippen molar-refractivity contribution in [1.29, 1.82) is 0 Å². The van der Waals surface area contributed by atoms with E-state index in [9.17, 15) is 0 Å². The number of hydrogen-bond acceptors (Lipinski definition) is 0. The Balaban J connectivity index is 2.45. The maximum Gasteiger partial charge on any atom is -0.0354 e. The SMILES string of the molecule is CC(C1CC1)C(C)C(C)(C)C. The summed E-state index contributed by atoms with van der Waals surface area (Å²) in [4.78, 5) is 0. The minimum atomic E-state index is 0.502. The summed E-state index contributed by atoms with van der Waals surface area (Å²) in [7, 11) is 0. The van der Waals surface area contributed by atoms with Crippen LogP contribution in [0.2, 0.25) is 0 Å². The van der Waals surface area contributed by atoms with Gasteiger partial charge in [0.2, 0.25) is 0 Å². The first-order valence-corrected chi connectivity index (χ1v) is 4.93. The Bertz CT molecular complexity index is 125. The van der Waals surface area contributed by atoms with Crippen molar-refractivity contribution in [3.63, 3.8) is 0 Å². The average molecular weight is 154 g/mol. The van der Waals surface area contributed by atoms with Crippen LogP contribution in [-0.2, 0) is 0 Å². The molecule has 0 aromatic heterocycles. The zero-order valence-electron chi connectivity index (χ0n) is 8.65. The summed E-state index contributed by atoms with van der Waals surface area (Å²) in [5.41, 5.74) is 0.502. The van der Waals surface area contributed by atoms with E-state index in [4.69, 9.17) is 0 Å². The van der Waals surface area contributed by atoms with E-state index >= 15 is 0 Å². The van der Waals surface area contributed by atoms with Crippen LogP contribution in [0.4, 0.5) is 0 Å². The number of rotatable bonds is 2. The van der Waals surface area contributed by atoms with Crippen molar-refractivity contribution in [3.05, 3.63) is 0 Å². The molecule has 1 saturated carbocycles. The van der Waals surface area contributed by atoms with Crippen LogP contribution in [0.5, 0.6) is 0 Å². The van der Waals surface area contributed by atoms with Gasteiger partial charge in [0.25, 0.3) is 0 Å². The molecule has 0 nitrogen and oxygen atoms in total. The van der Waals surface area contributed by atoms with Crippen LogP contribution in [0.1, 0.15) is 47.5 Å². The molecule has 11 heavy (non-hydrogen) atoms. The molecular formula is C11H22. The lowest BCUT2D eigenvalue weighted by Crippen LogP contribution is -2.24. The Hall–Kier alpha value is 0. The lowest BCUT2D eigenvalue weighted by Gasteiger charge is -2.32. The highest BCUT2D eigenvalue weighted by atomic mass is 14.4. The Labute approximate surface area is 71.4 Å². The van der Waals surface area contributed by atoms with E-state index in [1.54, 1.807) is 0 Å². The predicted molar refractivity (Wildman–Crippen MR) is 50.5 cm³/mol. The molecule has 0 aliphatic heterocycles. The summed E-state index contributed by atoms with van der Waals surface area (Å²) in [6.45, 7) is 11.9. The third kappa shape index (κ3) is 2.21. The maximum absolute atomic E-state index is 2.42. The molecule has 2 atom stereocenters. The zero-order chi connectivity index (χ0) is 8.65. The van der Waals surface area contributed by atoms with Crippen molar-refractivity contribution in [2.75, 3.05) is 0 Å². The van der Waals surface area contributed by atoms with Crippen molar-refractivity contribution in [3.8, 4) is 0 Å². The molecule has 0 N–H and O–H groups in total. The molecule has 2 unspecified atom stereocenters. The fourth-order valence-electron chi connectivity index (χ4n) is 1.82. The molecule has 0 heterocycles. The molecule has 0 bridgehead atoms. The molecule has 0 saturated heterocycles. The lowest BCUT2D eigenvalue weighted by atomic mass is 9.73. The van der Waals surface area contributed by atoms with E-state index in [0.717, 1.165) is 17.8 Å². The molecule has 1 aliphatic carbocycles. The van der Waals surface area contributed by atoms with Crippen LogP contribution in [0.25, 0.3) is 0 Å². The Morgan fingerprint density at radius 2 is 1.55 bits per heavy atom. The van der Waals surface area contributed by atoms with Gasteiger partial charge < -0.3 is 0 Å². The van der Waals surface area contributed by atoms with Crippen LogP contribution < -0.4 is 0 Å². The standard InChI is InChI=1S/C11H22/c1-8(10-6-7-10)9(2)11(3,4)5/h8-10H,6-7H2,1-5H3. The first-order chi connectivity index (χ1) is 4.93. The Morgan fingerprint density at radius 1 is 1.09 bits per heavy atom. The molecular weight excluding hydrogens is 132 g/mol. The average Bonchev–Trinajstić information content (AvgIpc) is 2.63. The lowest BCUT2D eigenvalue weighted by molar-refractivity contribution is 0.171. The van der Waals surface area contributed by atoms with Gasteiger partial charge in [0.1, 0.15) is 0 Å². The van der Waals surface area contributed by atoms with Crippen molar-refractivity contribution in [1.82, 2.24) is 0 Å². The molecule has 1 rings (SSSR count). The molecule has 0 amide bonds. The third-order valence-electron chi connectivity index (χ3n) is 3.52. The van der Waals surface area contributed by atoms with Crippen molar-refractivity contribution >= 4 is 0 Å². The van der Waals surface area contributed by atoms with Gasteiger partial charge in [-0.1, -0.05) is 34.6 Å². The van der Waals surface area contributed by atoms with E-state index in [1.165, 1.54) is 12.8 Å². The predicted octanol–water partition coefficient (Wildman–Crippen LogP) is 3.71.